The quantitative estimate of drug-likeness (QED) is 0.613. The molecule has 0 radical (unpaired) electrons. The molecule has 0 atom stereocenters. The van der Waals surface area contributed by atoms with E-state index in [1.807, 2.05) is 0 Å². The Hall–Kier alpha value is -1.13. The number of halogens is 2. The minimum absolute atomic E-state index is 0.187. The first-order valence-electron chi connectivity index (χ1n) is 5.93. The summed E-state index contributed by atoms with van der Waals surface area (Å²) in [5, 5.41) is 3.51. The topological polar surface area (TPSA) is 38.3 Å². The van der Waals surface area contributed by atoms with Crippen LogP contribution in [0.1, 0.15) is 25.3 Å². The summed E-state index contributed by atoms with van der Waals surface area (Å²) in [6, 6.07) is 4.42. The lowest BCUT2D eigenvalue weighted by atomic mass is 10.2. The maximum Gasteiger partial charge on any atom is 0.305 e. The van der Waals surface area contributed by atoms with Gasteiger partial charge in [-0.2, -0.15) is 0 Å². The minimum atomic E-state index is -0.342. The van der Waals surface area contributed by atoms with Crippen LogP contribution in [0.25, 0.3) is 0 Å². The predicted molar refractivity (Wildman–Crippen MR) is 69.0 cm³/mol. The Labute approximate surface area is 111 Å². The molecule has 0 heterocycles. The van der Waals surface area contributed by atoms with Crippen LogP contribution < -0.4 is 5.32 Å². The predicted octanol–water partition coefficient (Wildman–Crippen LogP) is 2.91. The molecule has 0 amide bonds. The largest absolute Gasteiger partial charge is 0.466 e. The molecule has 0 bridgehead atoms. The van der Waals surface area contributed by atoms with Crippen LogP contribution in [-0.4, -0.2) is 19.1 Å². The number of hydrogen-bond acceptors (Lipinski definition) is 3. The summed E-state index contributed by atoms with van der Waals surface area (Å²) in [4.78, 5) is 11.0. The van der Waals surface area contributed by atoms with Crippen molar-refractivity contribution in [3.63, 3.8) is 0 Å². The van der Waals surface area contributed by atoms with Gasteiger partial charge in [-0.05, 0) is 43.7 Å². The Bertz CT molecular complexity index is 378. The Balaban J connectivity index is 2.19. The number of esters is 1. The summed E-state index contributed by atoms with van der Waals surface area (Å²) in [7, 11) is 0. The van der Waals surface area contributed by atoms with E-state index in [1.54, 1.807) is 13.0 Å². The van der Waals surface area contributed by atoms with Crippen LogP contribution in [0.15, 0.2) is 18.2 Å². The van der Waals surface area contributed by atoms with Crippen molar-refractivity contribution in [1.29, 1.82) is 0 Å². The van der Waals surface area contributed by atoms with Crippen LogP contribution in [0, 0.1) is 5.82 Å². The third-order valence-electron chi connectivity index (χ3n) is 2.29. The summed E-state index contributed by atoms with van der Waals surface area (Å²) < 4.78 is 17.8. The molecule has 0 aliphatic carbocycles. The second-order valence-corrected chi connectivity index (χ2v) is 4.30. The third-order valence-corrected chi connectivity index (χ3v) is 2.51. The van der Waals surface area contributed by atoms with Gasteiger partial charge in [0.05, 0.1) is 6.61 Å². The minimum Gasteiger partial charge on any atom is -0.466 e. The molecule has 0 spiro atoms. The van der Waals surface area contributed by atoms with Crippen LogP contribution in [0.4, 0.5) is 4.39 Å². The zero-order valence-electron chi connectivity index (χ0n) is 10.3. The van der Waals surface area contributed by atoms with Gasteiger partial charge in [0.25, 0.3) is 0 Å². The van der Waals surface area contributed by atoms with E-state index in [1.165, 1.54) is 12.1 Å². The van der Waals surface area contributed by atoms with Gasteiger partial charge in [-0.15, -0.1) is 0 Å². The molecule has 0 aliphatic rings. The van der Waals surface area contributed by atoms with E-state index in [-0.39, 0.29) is 11.8 Å². The second kappa shape index (κ2) is 8.06. The first-order valence-corrected chi connectivity index (χ1v) is 6.31. The zero-order chi connectivity index (χ0) is 13.4. The highest BCUT2D eigenvalue weighted by molar-refractivity contribution is 6.30. The maximum absolute atomic E-state index is 13.0. The normalized spacial score (nSPS) is 10.4. The van der Waals surface area contributed by atoms with Crippen LogP contribution in [0.3, 0.4) is 0 Å². The van der Waals surface area contributed by atoms with E-state index < -0.39 is 0 Å². The Morgan fingerprint density at radius 1 is 1.44 bits per heavy atom. The first-order chi connectivity index (χ1) is 8.61. The molecular weight excluding hydrogens is 257 g/mol. The molecule has 0 aromatic heterocycles. The second-order valence-electron chi connectivity index (χ2n) is 3.86. The zero-order valence-corrected chi connectivity index (χ0v) is 11.1. The number of nitrogens with one attached hydrogen (secondary N) is 1. The van der Waals surface area contributed by atoms with Gasteiger partial charge in [0, 0.05) is 18.0 Å². The first kappa shape index (κ1) is 14.9. The third kappa shape index (κ3) is 5.98. The van der Waals surface area contributed by atoms with Crippen LogP contribution in [0.5, 0.6) is 0 Å². The molecule has 1 aromatic carbocycles. The molecular formula is C13H17ClFNO2. The number of carbonyl (C=O) groups excluding carboxylic acids is 1. The maximum atomic E-state index is 13.0. The number of ether oxygens (including phenoxy) is 1. The molecule has 1 N–H and O–H groups in total. The van der Waals surface area contributed by atoms with Gasteiger partial charge in [0.1, 0.15) is 5.82 Å². The highest BCUT2D eigenvalue weighted by atomic mass is 35.5. The highest BCUT2D eigenvalue weighted by Gasteiger charge is 2.01. The van der Waals surface area contributed by atoms with Gasteiger partial charge in [0.2, 0.25) is 0 Å². The molecule has 100 valence electrons. The van der Waals surface area contributed by atoms with Crippen LogP contribution >= 0.6 is 11.6 Å². The van der Waals surface area contributed by atoms with Crippen molar-refractivity contribution in [1.82, 2.24) is 5.32 Å². The van der Waals surface area contributed by atoms with Crippen molar-refractivity contribution in [2.75, 3.05) is 13.2 Å². The average Bonchev–Trinajstić information content (AvgIpc) is 2.27. The fourth-order valence-electron chi connectivity index (χ4n) is 1.54. The Morgan fingerprint density at radius 3 is 2.89 bits per heavy atom. The van der Waals surface area contributed by atoms with Crippen molar-refractivity contribution < 1.29 is 13.9 Å². The molecule has 1 rings (SSSR count). The SMILES string of the molecule is CCOC(=O)CCCNCc1cc(F)cc(Cl)c1. The van der Waals surface area contributed by atoms with E-state index in [9.17, 15) is 9.18 Å². The van der Waals surface area contributed by atoms with Crippen molar-refractivity contribution >= 4 is 17.6 Å². The molecule has 0 fully saturated rings. The Morgan fingerprint density at radius 2 is 2.22 bits per heavy atom. The van der Waals surface area contributed by atoms with Gasteiger partial charge in [-0.1, -0.05) is 11.6 Å². The van der Waals surface area contributed by atoms with Crippen LogP contribution in [-0.2, 0) is 16.1 Å². The standard InChI is InChI=1S/C13H17ClFNO2/c1-2-18-13(17)4-3-5-16-9-10-6-11(14)8-12(15)7-10/h6-8,16H,2-5,9H2,1H3. The number of rotatable bonds is 7. The molecule has 0 unspecified atom stereocenters. The summed E-state index contributed by atoms with van der Waals surface area (Å²) in [6.45, 7) is 3.39. The lowest BCUT2D eigenvalue weighted by Gasteiger charge is -2.05. The lowest BCUT2D eigenvalue weighted by Crippen LogP contribution is -2.16. The van der Waals surface area contributed by atoms with Gasteiger partial charge >= 0.3 is 5.97 Å². The van der Waals surface area contributed by atoms with Gasteiger partial charge < -0.3 is 10.1 Å². The smallest absolute Gasteiger partial charge is 0.305 e. The molecule has 1 aromatic rings. The molecule has 0 saturated carbocycles. The van der Waals surface area contributed by atoms with Crippen molar-refractivity contribution in [3.05, 3.63) is 34.6 Å². The summed E-state index contributed by atoms with van der Waals surface area (Å²) >= 11 is 5.74. The highest BCUT2D eigenvalue weighted by Crippen LogP contribution is 2.13. The van der Waals surface area contributed by atoms with E-state index in [0.29, 0.717) is 37.6 Å². The van der Waals surface area contributed by atoms with Gasteiger partial charge in [-0.25, -0.2) is 4.39 Å². The van der Waals surface area contributed by atoms with Gasteiger partial charge in [-0.3, -0.25) is 4.79 Å². The summed E-state index contributed by atoms with van der Waals surface area (Å²) in [5.41, 5.74) is 0.788. The molecule has 0 aliphatic heterocycles. The molecule has 5 heteroatoms. The monoisotopic (exact) mass is 273 g/mol. The summed E-state index contributed by atoms with van der Waals surface area (Å²) in [6.07, 6.45) is 1.09. The fourth-order valence-corrected chi connectivity index (χ4v) is 1.78. The van der Waals surface area contributed by atoms with Crippen LogP contribution in [0.2, 0.25) is 5.02 Å². The van der Waals surface area contributed by atoms with Crippen molar-refractivity contribution in [2.45, 2.75) is 26.3 Å². The van der Waals surface area contributed by atoms with E-state index in [4.69, 9.17) is 16.3 Å². The average molecular weight is 274 g/mol. The fraction of sp³-hybridized carbons (Fsp3) is 0.462. The number of carbonyl (C=O) groups is 1. The summed E-state index contributed by atoms with van der Waals surface area (Å²) in [5.74, 6) is -0.529. The molecule has 18 heavy (non-hydrogen) atoms. The molecule has 3 nitrogen and oxygen atoms in total. The lowest BCUT2D eigenvalue weighted by molar-refractivity contribution is -0.143. The Kier molecular flexibility index (Phi) is 6.68. The van der Waals surface area contributed by atoms with Crippen molar-refractivity contribution in [3.8, 4) is 0 Å². The molecule has 0 saturated heterocycles. The van der Waals surface area contributed by atoms with Gasteiger partial charge in [0.15, 0.2) is 0 Å². The van der Waals surface area contributed by atoms with E-state index in [0.717, 1.165) is 5.56 Å². The number of benzene rings is 1. The van der Waals surface area contributed by atoms with Crippen molar-refractivity contribution in [2.24, 2.45) is 0 Å². The number of hydrogen-bond donors (Lipinski definition) is 1. The van der Waals surface area contributed by atoms with E-state index >= 15 is 0 Å². The van der Waals surface area contributed by atoms with E-state index in [2.05, 4.69) is 5.32 Å².